The van der Waals surface area contributed by atoms with E-state index in [1.807, 2.05) is 11.3 Å². The van der Waals surface area contributed by atoms with Gasteiger partial charge >= 0.3 is 0 Å². The number of hydrogen-bond acceptors (Lipinski definition) is 2. The first kappa shape index (κ1) is 14.1. The minimum atomic E-state index is 0.277. The van der Waals surface area contributed by atoms with Crippen molar-refractivity contribution in [3.05, 3.63) is 22.4 Å². The van der Waals surface area contributed by atoms with E-state index in [0.29, 0.717) is 0 Å². The fourth-order valence-corrected chi connectivity index (χ4v) is 3.76. The molecule has 2 rings (SSSR count). The lowest BCUT2D eigenvalue weighted by molar-refractivity contribution is 0.392. The van der Waals surface area contributed by atoms with Gasteiger partial charge in [0.1, 0.15) is 0 Å². The Morgan fingerprint density at radius 3 is 2.56 bits per heavy atom. The van der Waals surface area contributed by atoms with Crippen LogP contribution in [0.25, 0.3) is 0 Å². The molecule has 0 spiro atoms. The molecular weight excluding hydrogens is 238 g/mol. The second-order valence-electron chi connectivity index (χ2n) is 6.35. The molecule has 0 aliphatic heterocycles. The van der Waals surface area contributed by atoms with Crippen molar-refractivity contribution in [3.63, 3.8) is 0 Å². The molecule has 0 aromatic carbocycles. The molecule has 1 aliphatic rings. The summed E-state index contributed by atoms with van der Waals surface area (Å²) < 4.78 is 0. The highest BCUT2D eigenvalue weighted by Crippen LogP contribution is 2.27. The van der Waals surface area contributed by atoms with E-state index in [9.17, 15) is 0 Å². The maximum atomic E-state index is 3.72. The highest BCUT2D eigenvalue weighted by Gasteiger charge is 2.21. The molecule has 1 aromatic heterocycles. The third-order valence-corrected chi connectivity index (χ3v) is 5.40. The molecule has 0 atom stereocenters. The van der Waals surface area contributed by atoms with Gasteiger partial charge in [-0.2, -0.15) is 0 Å². The Morgan fingerprint density at radius 1 is 1.22 bits per heavy atom. The van der Waals surface area contributed by atoms with E-state index >= 15 is 0 Å². The van der Waals surface area contributed by atoms with E-state index in [2.05, 4.69) is 36.7 Å². The average molecular weight is 265 g/mol. The van der Waals surface area contributed by atoms with Gasteiger partial charge in [-0.1, -0.05) is 45.6 Å². The zero-order valence-electron chi connectivity index (χ0n) is 11.9. The van der Waals surface area contributed by atoms with Crippen LogP contribution >= 0.6 is 11.3 Å². The van der Waals surface area contributed by atoms with Crippen molar-refractivity contribution in [2.24, 2.45) is 5.92 Å². The third-order valence-electron chi connectivity index (χ3n) is 4.16. The number of rotatable bonds is 5. The number of thiophene rings is 1. The molecule has 0 amide bonds. The summed E-state index contributed by atoms with van der Waals surface area (Å²) in [5, 5.41) is 5.90. The van der Waals surface area contributed by atoms with Gasteiger partial charge in [-0.25, -0.2) is 0 Å². The van der Waals surface area contributed by atoms with Crippen LogP contribution in [0.3, 0.4) is 0 Å². The first-order valence-electron chi connectivity index (χ1n) is 7.43. The van der Waals surface area contributed by atoms with E-state index in [-0.39, 0.29) is 5.41 Å². The first-order chi connectivity index (χ1) is 8.68. The number of hydrogen-bond donors (Lipinski definition) is 1. The quantitative estimate of drug-likeness (QED) is 0.768. The molecule has 1 aliphatic carbocycles. The van der Waals surface area contributed by atoms with Crippen molar-refractivity contribution in [2.75, 3.05) is 13.1 Å². The maximum Gasteiger partial charge on any atom is 0.0115 e. The monoisotopic (exact) mass is 265 g/mol. The Bertz CT molecular complexity index is 321. The molecule has 1 heterocycles. The minimum absolute atomic E-state index is 0.277. The van der Waals surface area contributed by atoms with E-state index < -0.39 is 0 Å². The van der Waals surface area contributed by atoms with Crippen LogP contribution in [0.1, 0.15) is 57.2 Å². The zero-order valence-corrected chi connectivity index (χ0v) is 12.7. The lowest BCUT2D eigenvalue weighted by Gasteiger charge is -2.25. The topological polar surface area (TPSA) is 12.0 Å². The van der Waals surface area contributed by atoms with Gasteiger partial charge in [-0.15, -0.1) is 11.3 Å². The van der Waals surface area contributed by atoms with Gasteiger partial charge in [-0.3, -0.25) is 0 Å². The standard InChI is InChI=1S/C16H27NS/c1-16(2,15-10-7-11-18-15)13-17-12-14-8-5-3-4-6-9-14/h7,10-11,14,17H,3-6,8-9,12-13H2,1-2H3. The highest BCUT2D eigenvalue weighted by molar-refractivity contribution is 7.10. The third kappa shape index (κ3) is 4.10. The highest BCUT2D eigenvalue weighted by atomic mass is 32.1. The predicted octanol–water partition coefficient (Wildman–Crippen LogP) is 4.59. The second-order valence-corrected chi connectivity index (χ2v) is 7.30. The summed E-state index contributed by atoms with van der Waals surface area (Å²) in [5.41, 5.74) is 0.277. The molecule has 0 unspecified atom stereocenters. The zero-order chi connectivity index (χ0) is 12.8. The second kappa shape index (κ2) is 6.72. The van der Waals surface area contributed by atoms with Gasteiger partial charge in [0.05, 0.1) is 0 Å². The first-order valence-corrected chi connectivity index (χ1v) is 8.31. The summed E-state index contributed by atoms with van der Waals surface area (Å²) in [4.78, 5) is 1.50. The average Bonchev–Trinajstić information content (AvgIpc) is 2.76. The summed E-state index contributed by atoms with van der Waals surface area (Å²) in [5.74, 6) is 0.923. The molecule has 0 radical (unpaired) electrons. The van der Waals surface area contributed by atoms with E-state index in [0.717, 1.165) is 12.5 Å². The molecule has 18 heavy (non-hydrogen) atoms. The summed E-state index contributed by atoms with van der Waals surface area (Å²) in [6.07, 6.45) is 8.68. The predicted molar refractivity (Wildman–Crippen MR) is 81.4 cm³/mol. The Morgan fingerprint density at radius 2 is 1.94 bits per heavy atom. The Kier molecular flexibility index (Phi) is 5.25. The van der Waals surface area contributed by atoms with Crippen LogP contribution in [0.4, 0.5) is 0 Å². The van der Waals surface area contributed by atoms with Crippen molar-refractivity contribution in [2.45, 2.75) is 57.8 Å². The van der Waals surface area contributed by atoms with Crippen molar-refractivity contribution in [3.8, 4) is 0 Å². The molecule has 2 heteroatoms. The van der Waals surface area contributed by atoms with Crippen LogP contribution in [-0.4, -0.2) is 13.1 Å². The summed E-state index contributed by atoms with van der Waals surface area (Å²) >= 11 is 1.88. The van der Waals surface area contributed by atoms with Crippen molar-refractivity contribution in [1.29, 1.82) is 0 Å². The Hall–Kier alpha value is -0.340. The van der Waals surface area contributed by atoms with Crippen LogP contribution < -0.4 is 5.32 Å². The SMILES string of the molecule is CC(C)(CNCC1CCCCCC1)c1cccs1. The van der Waals surface area contributed by atoms with Crippen LogP contribution in [0.2, 0.25) is 0 Å². The van der Waals surface area contributed by atoms with Gasteiger partial charge in [0.25, 0.3) is 0 Å². The number of nitrogens with one attached hydrogen (secondary N) is 1. The fourth-order valence-electron chi connectivity index (χ4n) is 2.91. The summed E-state index contributed by atoms with van der Waals surface area (Å²) in [6, 6.07) is 4.42. The molecule has 102 valence electrons. The molecule has 0 bridgehead atoms. The molecule has 0 saturated heterocycles. The van der Waals surface area contributed by atoms with Crippen LogP contribution in [-0.2, 0) is 5.41 Å². The van der Waals surface area contributed by atoms with Gasteiger partial charge in [-0.05, 0) is 36.8 Å². The van der Waals surface area contributed by atoms with Crippen molar-refractivity contribution in [1.82, 2.24) is 5.32 Å². The van der Waals surface area contributed by atoms with Gasteiger partial charge in [0.2, 0.25) is 0 Å². The van der Waals surface area contributed by atoms with E-state index in [1.54, 1.807) is 0 Å². The molecule has 1 aromatic rings. The Labute approximate surface area is 116 Å². The largest absolute Gasteiger partial charge is 0.316 e. The summed E-state index contributed by atoms with van der Waals surface area (Å²) in [7, 11) is 0. The van der Waals surface area contributed by atoms with Crippen LogP contribution in [0.5, 0.6) is 0 Å². The Balaban J connectivity index is 1.74. The van der Waals surface area contributed by atoms with Crippen LogP contribution in [0, 0.1) is 5.92 Å². The molecule has 1 N–H and O–H groups in total. The minimum Gasteiger partial charge on any atom is -0.316 e. The van der Waals surface area contributed by atoms with Crippen molar-refractivity contribution >= 4 is 11.3 Å². The summed E-state index contributed by atoms with van der Waals surface area (Å²) in [6.45, 7) is 7.01. The molecule has 1 nitrogen and oxygen atoms in total. The lowest BCUT2D eigenvalue weighted by atomic mass is 9.91. The molecule has 1 fully saturated rings. The fraction of sp³-hybridized carbons (Fsp3) is 0.750. The van der Waals surface area contributed by atoms with Crippen molar-refractivity contribution < 1.29 is 0 Å². The van der Waals surface area contributed by atoms with Crippen LogP contribution in [0.15, 0.2) is 17.5 Å². The van der Waals surface area contributed by atoms with Gasteiger partial charge in [0.15, 0.2) is 0 Å². The smallest absolute Gasteiger partial charge is 0.0115 e. The van der Waals surface area contributed by atoms with E-state index in [4.69, 9.17) is 0 Å². The molecule has 1 saturated carbocycles. The lowest BCUT2D eigenvalue weighted by Crippen LogP contribution is -2.35. The van der Waals surface area contributed by atoms with Gasteiger partial charge < -0.3 is 5.32 Å². The maximum absolute atomic E-state index is 3.72. The normalized spacial score (nSPS) is 18.8. The molecular formula is C16H27NS. The van der Waals surface area contributed by atoms with E-state index in [1.165, 1.54) is 49.9 Å². The van der Waals surface area contributed by atoms with Gasteiger partial charge in [0, 0.05) is 16.8 Å².